The molecule has 15 heavy (non-hydrogen) atoms. The number of aliphatic hydroxyl groups is 1. The molecule has 0 aliphatic carbocycles. The van der Waals surface area contributed by atoms with E-state index in [1.54, 1.807) is 0 Å². The lowest BCUT2D eigenvalue weighted by atomic mass is 9.91. The number of amides is 1. The van der Waals surface area contributed by atoms with Crippen LogP contribution >= 0.6 is 0 Å². The topological polar surface area (TPSA) is 95.9 Å². The zero-order valence-electron chi connectivity index (χ0n) is 8.36. The number of carboxylic acid groups (broad SMARTS) is 1. The summed E-state index contributed by atoms with van der Waals surface area (Å²) in [5.74, 6) is -1.74. The van der Waals surface area contributed by atoms with Gasteiger partial charge in [-0.3, -0.25) is 9.59 Å². The van der Waals surface area contributed by atoms with Gasteiger partial charge in [-0.25, -0.2) is 0 Å². The van der Waals surface area contributed by atoms with E-state index in [9.17, 15) is 14.7 Å². The minimum Gasteiger partial charge on any atom is -0.481 e. The Labute approximate surface area is 87.2 Å². The first-order valence-corrected chi connectivity index (χ1v) is 4.79. The number of carbonyl (C=O) groups excluding carboxylic acids is 1. The molecule has 1 fully saturated rings. The molecule has 0 aromatic carbocycles. The first kappa shape index (κ1) is 11.9. The van der Waals surface area contributed by atoms with Crippen molar-refractivity contribution >= 4 is 11.9 Å². The molecule has 0 radical (unpaired) electrons. The Morgan fingerprint density at radius 1 is 1.33 bits per heavy atom. The Hall–Kier alpha value is -1.14. The number of carboxylic acids is 1. The Bertz CT molecular complexity index is 247. The van der Waals surface area contributed by atoms with Crippen molar-refractivity contribution in [3.63, 3.8) is 0 Å². The van der Waals surface area contributed by atoms with Crippen LogP contribution in [0.15, 0.2) is 0 Å². The van der Waals surface area contributed by atoms with Crippen LogP contribution in [0.2, 0.25) is 0 Å². The third-order valence-electron chi connectivity index (χ3n) is 2.47. The lowest BCUT2D eigenvalue weighted by Crippen LogP contribution is -2.54. The van der Waals surface area contributed by atoms with Crippen molar-refractivity contribution in [3.05, 3.63) is 0 Å². The molecular formula is C9H15NO5. The third kappa shape index (κ3) is 3.49. The highest BCUT2D eigenvalue weighted by molar-refractivity contribution is 5.93. The number of carbonyl (C=O) groups is 2. The summed E-state index contributed by atoms with van der Waals surface area (Å²) in [6, 6.07) is 0. The van der Waals surface area contributed by atoms with Gasteiger partial charge in [-0.2, -0.15) is 0 Å². The van der Waals surface area contributed by atoms with Crippen LogP contribution in [-0.2, 0) is 14.3 Å². The molecule has 0 spiro atoms. The Balaban J connectivity index is 2.51. The smallest absolute Gasteiger partial charge is 0.312 e. The number of nitrogens with one attached hydrogen (secondary N) is 1. The Morgan fingerprint density at radius 3 is 2.40 bits per heavy atom. The lowest BCUT2D eigenvalue weighted by molar-refractivity contribution is -0.141. The lowest BCUT2D eigenvalue weighted by Gasteiger charge is -2.36. The second-order valence-corrected chi connectivity index (χ2v) is 3.67. The van der Waals surface area contributed by atoms with Gasteiger partial charge >= 0.3 is 5.97 Å². The molecule has 1 rings (SSSR count). The highest BCUT2D eigenvalue weighted by Crippen LogP contribution is 2.19. The summed E-state index contributed by atoms with van der Waals surface area (Å²) >= 11 is 0. The standard InChI is InChI=1S/C9H15NO5/c11-6-9(1-3-15-4-2-9)10-7(12)5-8(13)14/h11H,1-6H2,(H,10,12)(H,13,14). The van der Waals surface area contributed by atoms with Gasteiger partial charge in [0, 0.05) is 13.2 Å². The summed E-state index contributed by atoms with van der Waals surface area (Å²) in [7, 11) is 0. The van der Waals surface area contributed by atoms with E-state index >= 15 is 0 Å². The molecule has 3 N–H and O–H groups in total. The first-order valence-electron chi connectivity index (χ1n) is 4.79. The van der Waals surface area contributed by atoms with Gasteiger partial charge in [0.05, 0.1) is 12.1 Å². The molecule has 1 saturated heterocycles. The van der Waals surface area contributed by atoms with E-state index in [-0.39, 0.29) is 6.61 Å². The van der Waals surface area contributed by atoms with Crippen molar-refractivity contribution in [1.82, 2.24) is 5.32 Å². The van der Waals surface area contributed by atoms with Gasteiger partial charge in [0.2, 0.25) is 5.91 Å². The fourth-order valence-electron chi connectivity index (χ4n) is 1.56. The van der Waals surface area contributed by atoms with Crippen molar-refractivity contribution in [2.45, 2.75) is 24.8 Å². The van der Waals surface area contributed by atoms with Crippen LogP contribution in [0, 0.1) is 0 Å². The molecule has 0 aromatic rings. The van der Waals surface area contributed by atoms with Gasteiger partial charge in [0.1, 0.15) is 6.42 Å². The van der Waals surface area contributed by atoms with Crippen LogP contribution in [-0.4, -0.2) is 47.4 Å². The van der Waals surface area contributed by atoms with Crippen LogP contribution in [0.1, 0.15) is 19.3 Å². The predicted molar refractivity (Wildman–Crippen MR) is 50.3 cm³/mol. The first-order chi connectivity index (χ1) is 7.08. The maximum atomic E-state index is 11.2. The van der Waals surface area contributed by atoms with E-state index < -0.39 is 23.8 Å². The SMILES string of the molecule is O=C(O)CC(=O)NC1(CO)CCOCC1. The van der Waals surface area contributed by atoms with Crippen LogP contribution < -0.4 is 5.32 Å². The van der Waals surface area contributed by atoms with Gasteiger partial charge in [-0.1, -0.05) is 0 Å². The summed E-state index contributed by atoms with van der Waals surface area (Å²) in [5, 5.41) is 20.2. The average Bonchev–Trinajstić information content (AvgIpc) is 2.17. The number of ether oxygens (including phenoxy) is 1. The molecule has 86 valence electrons. The largest absolute Gasteiger partial charge is 0.481 e. The quantitative estimate of drug-likeness (QED) is 0.531. The zero-order chi connectivity index (χ0) is 11.3. The molecule has 6 nitrogen and oxygen atoms in total. The second kappa shape index (κ2) is 5.09. The summed E-state index contributed by atoms with van der Waals surface area (Å²) in [4.78, 5) is 21.5. The van der Waals surface area contributed by atoms with Crippen molar-refractivity contribution in [1.29, 1.82) is 0 Å². The van der Waals surface area contributed by atoms with Crippen LogP contribution in [0.5, 0.6) is 0 Å². The molecule has 0 aromatic heterocycles. The van der Waals surface area contributed by atoms with Crippen molar-refractivity contribution < 1.29 is 24.5 Å². The molecule has 0 saturated carbocycles. The summed E-state index contributed by atoms with van der Waals surface area (Å²) < 4.78 is 5.11. The molecular weight excluding hydrogens is 202 g/mol. The van der Waals surface area contributed by atoms with Crippen molar-refractivity contribution in [2.24, 2.45) is 0 Å². The fraction of sp³-hybridized carbons (Fsp3) is 0.778. The minimum atomic E-state index is -1.17. The fourth-order valence-corrected chi connectivity index (χ4v) is 1.56. The highest BCUT2D eigenvalue weighted by atomic mass is 16.5. The van der Waals surface area contributed by atoms with E-state index in [1.165, 1.54) is 0 Å². The van der Waals surface area contributed by atoms with Crippen molar-refractivity contribution in [2.75, 3.05) is 19.8 Å². The number of aliphatic carboxylic acids is 1. The van der Waals surface area contributed by atoms with Crippen molar-refractivity contribution in [3.8, 4) is 0 Å². The minimum absolute atomic E-state index is 0.193. The van der Waals surface area contributed by atoms with Crippen LogP contribution in [0.4, 0.5) is 0 Å². The number of aliphatic hydroxyl groups excluding tert-OH is 1. The Kier molecular flexibility index (Phi) is 4.05. The number of hydrogen-bond acceptors (Lipinski definition) is 4. The molecule has 6 heteroatoms. The summed E-state index contributed by atoms with van der Waals surface area (Å²) in [6.07, 6.45) is 0.451. The van der Waals surface area contributed by atoms with E-state index in [1.807, 2.05) is 0 Å². The molecule has 0 atom stereocenters. The van der Waals surface area contributed by atoms with Gasteiger partial charge in [0.25, 0.3) is 0 Å². The predicted octanol–water partition coefficient (Wildman–Crippen LogP) is -0.881. The molecule has 1 amide bonds. The van der Waals surface area contributed by atoms with Crippen LogP contribution in [0.3, 0.4) is 0 Å². The molecule has 0 bridgehead atoms. The maximum Gasteiger partial charge on any atom is 0.312 e. The van der Waals surface area contributed by atoms with Gasteiger partial charge in [-0.15, -0.1) is 0 Å². The third-order valence-corrected chi connectivity index (χ3v) is 2.47. The summed E-state index contributed by atoms with van der Waals surface area (Å²) in [6.45, 7) is 0.740. The monoisotopic (exact) mass is 217 g/mol. The van der Waals surface area contributed by atoms with E-state index in [2.05, 4.69) is 5.32 Å². The molecule has 0 unspecified atom stereocenters. The molecule has 1 aliphatic heterocycles. The van der Waals surface area contributed by atoms with Gasteiger partial charge < -0.3 is 20.3 Å². The second-order valence-electron chi connectivity index (χ2n) is 3.67. The average molecular weight is 217 g/mol. The van der Waals surface area contributed by atoms with Gasteiger partial charge in [0.15, 0.2) is 0 Å². The van der Waals surface area contributed by atoms with Crippen LogP contribution in [0.25, 0.3) is 0 Å². The molecule has 1 aliphatic rings. The Morgan fingerprint density at radius 2 is 1.93 bits per heavy atom. The van der Waals surface area contributed by atoms with Gasteiger partial charge in [-0.05, 0) is 12.8 Å². The number of hydrogen-bond donors (Lipinski definition) is 3. The summed E-state index contributed by atoms with van der Waals surface area (Å²) in [5.41, 5.74) is -0.704. The molecule has 1 heterocycles. The maximum absolute atomic E-state index is 11.2. The van der Waals surface area contributed by atoms with E-state index in [0.717, 1.165) is 0 Å². The highest BCUT2D eigenvalue weighted by Gasteiger charge is 2.33. The zero-order valence-corrected chi connectivity index (χ0v) is 8.36. The van der Waals surface area contributed by atoms with E-state index in [0.29, 0.717) is 26.1 Å². The number of rotatable bonds is 4. The van der Waals surface area contributed by atoms with E-state index in [4.69, 9.17) is 9.84 Å². The normalized spacial score (nSPS) is 19.5.